The molecule has 0 amide bonds. The highest BCUT2D eigenvalue weighted by Gasteiger charge is 2.43. The Morgan fingerprint density at radius 1 is 1.21 bits per heavy atom. The third-order valence-corrected chi connectivity index (χ3v) is 5.93. The van der Waals surface area contributed by atoms with E-state index in [0.717, 1.165) is 40.9 Å². The molecule has 0 bridgehead atoms. The monoisotopic (exact) mass is 453 g/mol. The van der Waals surface area contributed by atoms with E-state index in [1.165, 1.54) is 0 Å². The van der Waals surface area contributed by atoms with Crippen LogP contribution in [0.3, 0.4) is 0 Å². The van der Waals surface area contributed by atoms with Crippen molar-refractivity contribution in [2.24, 2.45) is 0 Å². The first-order valence-electron chi connectivity index (χ1n) is 11.1. The molecule has 33 heavy (non-hydrogen) atoms. The first-order chi connectivity index (χ1) is 15.9. The minimum Gasteiger partial charge on any atom is -0.491 e. The summed E-state index contributed by atoms with van der Waals surface area (Å²) >= 11 is 0. The van der Waals surface area contributed by atoms with Gasteiger partial charge in [-0.15, -0.1) is 0 Å². The van der Waals surface area contributed by atoms with Crippen molar-refractivity contribution in [1.82, 2.24) is 20.4 Å². The second-order valence-corrected chi connectivity index (χ2v) is 8.68. The lowest BCUT2D eigenvalue weighted by atomic mass is 10.0. The van der Waals surface area contributed by atoms with Crippen molar-refractivity contribution in [1.29, 1.82) is 0 Å². The molecule has 4 N–H and O–H groups in total. The summed E-state index contributed by atoms with van der Waals surface area (Å²) in [6, 6.07) is 7.48. The number of aromatic nitrogens is 3. The molecule has 4 rings (SSSR count). The average Bonchev–Trinajstić information content (AvgIpc) is 3.51. The van der Waals surface area contributed by atoms with Crippen molar-refractivity contribution in [3.8, 4) is 28.4 Å². The lowest BCUT2D eigenvalue weighted by Crippen LogP contribution is -2.29. The Balaban J connectivity index is 1.74. The Morgan fingerprint density at radius 3 is 2.64 bits per heavy atom. The molecule has 9 nitrogen and oxygen atoms in total. The Morgan fingerprint density at radius 2 is 2.00 bits per heavy atom. The zero-order chi connectivity index (χ0) is 23.6. The molecule has 176 valence electrons. The summed E-state index contributed by atoms with van der Waals surface area (Å²) in [7, 11) is 1.78. The molecule has 0 aliphatic heterocycles. The molecule has 1 aliphatic rings. The second kappa shape index (κ2) is 9.46. The topological polar surface area (TPSA) is 126 Å². The second-order valence-electron chi connectivity index (χ2n) is 8.68. The molecule has 1 atom stereocenters. The molecule has 0 saturated heterocycles. The van der Waals surface area contributed by atoms with Gasteiger partial charge in [-0.1, -0.05) is 17.3 Å². The predicted molar refractivity (Wildman–Crippen MR) is 125 cm³/mol. The van der Waals surface area contributed by atoms with E-state index in [2.05, 4.69) is 15.8 Å². The van der Waals surface area contributed by atoms with Crippen LogP contribution in [0.15, 0.2) is 28.8 Å². The smallest absolute Gasteiger partial charge is 0.162 e. The minimum absolute atomic E-state index is 0.0463. The Labute approximate surface area is 193 Å². The zero-order valence-corrected chi connectivity index (χ0v) is 19.5. The van der Waals surface area contributed by atoms with Crippen LogP contribution in [-0.4, -0.2) is 63.8 Å². The molecule has 3 aromatic rings. The summed E-state index contributed by atoms with van der Waals surface area (Å²) in [6.07, 6.45) is 1.17. The van der Waals surface area contributed by atoms with E-state index in [1.54, 1.807) is 7.05 Å². The summed E-state index contributed by atoms with van der Waals surface area (Å²) in [4.78, 5) is 9.69. The third kappa shape index (κ3) is 5.00. The molecule has 2 heterocycles. The van der Waals surface area contributed by atoms with E-state index in [9.17, 15) is 10.2 Å². The lowest BCUT2D eigenvalue weighted by molar-refractivity contribution is 0.108. The summed E-state index contributed by atoms with van der Waals surface area (Å²) in [5, 5.41) is 30.2. The van der Waals surface area contributed by atoms with Gasteiger partial charge in [0, 0.05) is 17.7 Å². The maximum absolute atomic E-state index is 9.94. The quantitative estimate of drug-likeness (QED) is 0.366. The first-order valence-corrected chi connectivity index (χ1v) is 11.1. The highest BCUT2D eigenvalue weighted by Crippen LogP contribution is 2.41. The molecule has 1 unspecified atom stereocenters. The number of nitrogens with zero attached hydrogens (tertiary/aromatic N) is 3. The first kappa shape index (κ1) is 23.2. The predicted octanol–water partition coefficient (Wildman–Crippen LogP) is 2.62. The minimum atomic E-state index is -0.607. The number of benzene rings is 1. The van der Waals surface area contributed by atoms with Crippen LogP contribution < -0.4 is 15.4 Å². The van der Waals surface area contributed by atoms with Crippen molar-refractivity contribution in [3.05, 3.63) is 41.3 Å². The van der Waals surface area contributed by atoms with Crippen molar-refractivity contribution in [2.45, 2.75) is 45.3 Å². The average molecular weight is 454 g/mol. The molecule has 0 radical (unpaired) electrons. The van der Waals surface area contributed by atoms with Gasteiger partial charge in [-0.2, -0.15) is 0 Å². The largest absolute Gasteiger partial charge is 0.491 e. The van der Waals surface area contributed by atoms with Gasteiger partial charge in [0.25, 0.3) is 0 Å². The van der Waals surface area contributed by atoms with Gasteiger partial charge in [-0.25, -0.2) is 9.97 Å². The highest BCUT2D eigenvalue weighted by atomic mass is 16.5. The lowest BCUT2D eigenvalue weighted by Gasteiger charge is -2.19. The van der Waals surface area contributed by atoms with Crippen LogP contribution in [0, 0.1) is 20.8 Å². The molecule has 1 aromatic carbocycles. The third-order valence-electron chi connectivity index (χ3n) is 5.93. The van der Waals surface area contributed by atoms with Gasteiger partial charge in [0.05, 0.1) is 29.1 Å². The van der Waals surface area contributed by atoms with E-state index < -0.39 is 6.10 Å². The van der Waals surface area contributed by atoms with Gasteiger partial charge in [-0.05, 0) is 52.8 Å². The van der Waals surface area contributed by atoms with Gasteiger partial charge in [0.15, 0.2) is 5.82 Å². The van der Waals surface area contributed by atoms with Crippen molar-refractivity contribution in [2.75, 3.05) is 32.1 Å². The summed E-state index contributed by atoms with van der Waals surface area (Å²) in [5.74, 6) is 2.50. The number of rotatable bonds is 10. The number of hydrogen-bond acceptors (Lipinski definition) is 9. The fourth-order valence-electron chi connectivity index (χ4n) is 3.77. The number of anilines is 1. The number of aliphatic hydroxyl groups is 2. The van der Waals surface area contributed by atoms with E-state index in [-0.39, 0.29) is 18.8 Å². The summed E-state index contributed by atoms with van der Waals surface area (Å²) in [6.45, 7) is 6.39. The molecule has 1 fully saturated rings. The molecule has 2 aromatic heterocycles. The number of ether oxygens (including phenoxy) is 1. The van der Waals surface area contributed by atoms with Crippen molar-refractivity contribution in [3.63, 3.8) is 0 Å². The van der Waals surface area contributed by atoms with Crippen LogP contribution in [0.1, 0.15) is 29.9 Å². The standard InChI is InChI=1S/C24H31N5O4/c1-14-21(20-15(2)29-33-16(20)3)26-23(27-22(14)28-24(13-30)8-9-24)17-6-5-7-19(10-17)32-12-18(31)11-25-4/h5-7,10,18,25,30-31H,8-9,11-13H2,1-4H3,(H,26,27,28). The molecule has 0 spiro atoms. The molecule has 9 heteroatoms. The van der Waals surface area contributed by atoms with Crippen LogP contribution in [-0.2, 0) is 0 Å². The fraction of sp³-hybridized carbons (Fsp3) is 0.458. The van der Waals surface area contributed by atoms with E-state index in [1.807, 2.05) is 45.0 Å². The van der Waals surface area contributed by atoms with Gasteiger partial charge >= 0.3 is 0 Å². The summed E-state index contributed by atoms with van der Waals surface area (Å²) in [5.41, 5.74) is 3.65. The normalized spacial score (nSPS) is 15.3. The Kier molecular flexibility index (Phi) is 6.64. The number of aryl methyl sites for hydroxylation is 2. The number of hydrogen-bond donors (Lipinski definition) is 4. The maximum Gasteiger partial charge on any atom is 0.162 e. The van der Waals surface area contributed by atoms with Crippen molar-refractivity contribution < 1.29 is 19.5 Å². The summed E-state index contributed by atoms with van der Waals surface area (Å²) < 4.78 is 11.2. The number of likely N-dealkylation sites (N-methyl/N-ethyl adjacent to an activating group) is 1. The molecular formula is C24H31N5O4. The van der Waals surface area contributed by atoms with Crippen LogP contribution >= 0.6 is 0 Å². The van der Waals surface area contributed by atoms with E-state index in [0.29, 0.717) is 29.7 Å². The van der Waals surface area contributed by atoms with Crippen LogP contribution in [0.5, 0.6) is 5.75 Å². The van der Waals surface area contributed by atoms with E-state index >= 15 is 0 Å². The molecule has 1 saturated carbocycles. The SMILES string of the molecule is CNCC(O)COc1cccc(-c2nc(NC3(CO)CC3)c(C)c(-c3c(C)noc3C)n2)c1. The Hall–Kier alpha value is -3.01. The van der Waals surface area contributed by atoms with Gasteiger partial charge < -0.3 is 30.1 Å². The molecule has 1 aliphatic carbocycles. The Bertz CT molecular complexity index is 1110. The highest BCUT2D eigenvalue weighted by molar-refractivity contribution is 5.75. The molecular weight excluding hydrogens is 422 g/mol. The van der Waals surface area contributed by atoms with Crippen LogP contribution in [0.4, 0.5) is 5.82 Å². The van der Waals surface area contributed by atoms with Gasteiger partial charge in [-0.3, -0.25) is 0 Å². The van der Waals surface area contributed by atoms with Gasteiger partial charge in [0.2, 0.25) is 0 Å². The number of nitrogens with one attached hydrogen (secondary N) is 2. The zero-order valence-electron chi connectivity index (χ0n) is 19.5. The van der Waals surface area contributed by atoms with Crippen LogP contribution in [0.2, 0.25) is 0 Å². The van der Waals surface area contributed by atoms with E-state index in [4.69, 9.17) is 19.2 Å². The fourth-order valence-corrected chi connectivity index (χ4v) is 3.77. The van der Waals surface area contributed by atoms with Crippen LogP contribution in [0.25, 0.3) is 22.6 Å². The van der Waals surface area contributed by atoms with Crippen molar-refractivity contribution >= 4 is 5.82 Å². The maximum atomic E-state index is 9.94. The number of aliphatic hydroxyl groups excluding tert-OH is 2. The van der Waals surface area contributed by atoms with Gasteiger partial charge in [0.1, 0.15) is 30.0 Å².